The van der Waals surface area contributed by atoms with Gasteiger partial charge in [0.2, 0.25) is 0 Å². The lowest BCUT2D eigenvalue weighted by Gasteiger charge is -2.32. The van der Waals surface area contributed by atoms with Crippen molar-refractivity contribution in [1.29, 1.82) is 0 Å². The molecule has 24 heavy (non-hydrogen) atoms. The van der Waals surface area contributed by atoms with Gasteiger partial charge in [-0.05, 0) is 36.8 Å². The number of hydrogen-bond acceptors (Lipinski definition) is 3. The van der Waals surface area contributed by atoms with Crippen LogP contribution >= 0.6 is 0 Å². The van der Waals surface area contributed by atoms with Gasteiger partial charge >= 0.3 is 0 Å². The summed E-state index contributed by atoms with van der Waals surface area (Å²) in [6, 6.07) is 6.36. The zero-order chi connectivity index (χ0) is 17.4. The van der Waals surface area contributed by atoms with Gasteiger partial charge in [-0.15, -0.1) is 0 Å². The average molecular weight is 337 g/mol. The van der Waals surface area contributed by atoms with Crippen molar-refractivity contribution in [3.05, 3.63) is 58.9 Å². The molecule has 0 aromatic heterocycles. The van der Waals surface area contributed by atoms with Gasteiger partial charge in [-0.3, -0.25) is 4.79 Å². The minimum absolute atomic E-state index is 0.123. The van der Waals surface area contributed by atoms with E-state index in [1.54, 1.807) is 18.2 Å². The summed E-state index contributed by atoms with van der Waals surface area (Å²) in [5.41, 5.74) is 0.271. The molecule has 7 heteroatoms. The van der Waals surface area contributed by atoms with Crippen molar-refractivity contribution in [3.8, 4) is 5.75 Å². The lowest BCUT2D eigenvalue weighted by Crippen LogP contribution is -2.37. The largest absolute Gasteiger partial charge is 0.497 e. The number of methoxy groups -OCH3 is 1. The molecule has 1 amide bonds. The SMILES string of the molecule is COc1ccc2c(c1)C(O)CCN2C(=O)c1ccc(F)c(F)c1F. The van der Waals surface area contributed by atoms with E-state index in [1.165, 1.54) is 12.0 Å². The van der Waals surface area contributed by atoms with Crippen LogP contribution in [0.3, 0.4) is 0 Å². The third-order valence-electron chi connectivity index (χ3n) is 4.02. The zero-order valence-electron chi connectivity index (χ0n) is 12.7. The van der Waals surface area contributed by atoms with Gasteiger partial charge < -0.3 is 14.7 Å². The predicted octanol–water partition coefficient (Wildman–Crippen LogP) is 3.20. The molecule has 0 bridgehead atoms. The monoisotopic (exact) mass is 337 g/mol. The summed E-state index contributed by atoms with van der Waals surface area (Å²) in [7, 11) is 1.47. The molecule has 0 saturated carbocycles. The van der Waals surface area contributed by atoms with Crippen LogP contribution in [0.2, 0.25) is 0 Å². The van der Waals surface area contributed by atoms with Gasteiger partial charge in [-0.2, -0.15) is 0 Å². The molecule has 0 aliphatic carbocycles. The van der Waals surface area contributed by atoms with Gasteiger partial charge in [0.05, 0.1) is 24.5 Å². The van der Waals surface area contributed by atoms with E-state index < -0.39 is 35.0 Å². The van der Waals surface area contributed by atoms with E-state index in [1.807, 2.05) is 0 Å². The Morgan fingerprint density at radius 3 is 2.67 bits per heavy atom. The smallest absolute Gasteiger partial charge is 0.261 e. The highest BCUT2D eigenvalue weighted by molar-refractivity contribution is 6.07. The van der Waals surface area contributed by atoms with E-state index in [2.05, 4.69) is 0 Å². The highest BCUT2D eigenvalue weighted by atomic mass is 19.2. The van der Waals surface area contributed by atoms with Crippen LogP contribution < -0.4 is 9.64 Å². The fourth-order valence-electron chi connectivity index (χ4n) is 2.75. The second-order valence-corrected chi connectivity index (χ2v) is 5.41. The van der Waals surface area contributed by atoms with E-state index in [-0.39, 0.29) is 13.0 Å². The maximum Gasteiger partial charge on any atom is 0.261 e. The molecule has 1 atom stereocenters. The molecule has 1 N–H and O–H groups in total. The van der Waals surface area contributed by atoms with Crippen molar-refractivity contribution >= 4 is 11.6 Å². The molecule has 4 nitrogen and oxygen atoms in total. The molecule has 0 radical (unpaired) electrons. The van der Waals surface area contributed by atoms with E-state index in [0.717, 1.165) is 6.07 Å². The van der Waals surface area contributed by atoms with Crippen LogP contribution in [-0.4, -0.2) is 24.7 Å². The van der Waals surface area contributed by atoms with Gasteiger partial charge in [0.25, 0.3) is 5.91 Å². The molecule has 0 fully saturated rings. The first-order chi connectivity index (χ1) is 11.4. The Hall–Kier alpha value is -2.54. The maximum atomic E-state index is 13.9. The Kier molecular flexibility index (Phi) is 4.19. The van der Waals surface area contributed by atoms with Gasteiger partial charge in [-0.25, -0.2) is 13.2 Å². The van der Waals surface area contributed by atoms with Crippen LogP contribution in [0.15, 0.2) is 30.3 Å². The van der Waals surface area contributed by atoms with Crippen molar-refractivity contribution in [2.45, 2.75) is 12.5 Å². The normalized spacial score (nSPS) is 16.7. The number of fused-ring (bicyclic) bond motifs is 1. The molecular formula is C17H14F3NO3. The Balaban J connectivity index is 2.04. The van der Waals surface area contributed by atoms with Crippen LogP contribution in [0.4, 0.5) is 18.9 Å². The van der Waals surface area contributed by atoms with Crippen molar-refractivity contribution < 1.29 is 27.8 Å². The number of carbonyl (C=O) groups is 1. The zero-order valence-corrected chi connectivity index (χ0v) is 12.7. The Morgan fingerprint density at radius 2 is 1.96 bits per heavy atom. The summed E-state index contributed by atoms with van der Waals surface area (Å²) in [5.74, 6) is -4.87. The second kappa shape index (κ2) is 6.16. The first kappa shape index (κ1) is 16.3. The fourth-order valence-corrected chi connectivity index (χ4v) is 2.75. The molecule has 1 aliphatic heterocycles. The molecule has 3 rings (SSSR count). The average Bonchev–Trinajstić information content (AvgIpc) is 2.59. The number of aliphatic hydroxyl groups is 1. The third-order valence-corrected chi connectivity index (χ3v) is 4.02. The van der Waals surface area contributed by atoms with Crippen molar-refractivity contribution in [2.75, 3.05) is 18.6 Å². The molecule has 2 aromatic carbocycles. The van der Waals surface area contributed by atoms with Crippen molar-refractivity contribution in [3.63, 3.8) is 0 Å². The Morgan fingerprint density at radius 1 is 1.21 bits per heavy atom. The quantitative estimate of drug-likeness (QED) is 0.856. The number of ether oxygens (including phenoxy) is 1. The first-order valence-corrected chi connectivity index (χ1v) is 7.25. The number of rotatable bonds is 2. The fraction of sp³-hybridized carbons (Fsp3) is 0.235. The van der Waals surface area contributed by atoms with Crippen LogP contribution in [0.25, 0.3) is 0 Å². The number of amides is 1. The van der Waals surface area contributed by atoms with Crippen LogP contribution in [0.5, 0.6) is 5.75 Å². The number of halogens is 3. The van der Waals surface area contributed by atoms with Crippen LogP contribution in [0, 0.1) is 17.5 Å². The van der Waals surface area contributed by atoms with E-state index in [4.69, 9.17) is 4.74 Å². The van der Waals surface area contributed by atoms with Crippen LogP contribution in [0.1, 0.15) is 28.4 Å². The first-order valence-electron chi connectivity index (χ1n) is 7.25. The maximum absolute atomic E-state index is 13.9. The summed E-state index contributed by atoms with van der Waals surface area (Å²) in [4.78, 5) is 13.8. The topological polar surface area (TPSA) is 49.8 Å². The molecule has 0 saturated heterocycles. The summed E-state index contributed by atoms with van der Waals surface area (Å²) in [5, 5.41) is 10.1. The third kappa shape index (κ3) is 2.60. The highest BCUT2D eigenvalue weighted by Crippen LogP contribution is 2.37. The number of carbonyl (C=O) groups excluding carboxylic acids is 1. The highest BCUT2D eigenvalue weighted by Gasteiger charge is 2.31. The van der Waals surface area contributed by atoms with Gasteiger partial charge in [0, 0.05) is 12.1 Å². The number of nitrogens with zero attached hydrogens (tertiary/aromatic N) is 1. The molecular weight excluding hydrogens is 323 g/mol. The van der Waals surface area contributed by atoms with E-state index >= 15 is 0 Å². The van der Waals surface area contributed by atoms with Crippen molar-refractivity contribution in [1.82, 2.24) is 0 Å². The van der Waals surface area contributed by atoms with E-state index in [9.17, 15) is 23.1 Å². The summed E-state index contributed by atoms with van der Waals surface area (Å²) in [6.45, 7) is 0.123. The van der Waals surface area contributed by atoms with Crippen molar-refractivity contribution in [2.24, 2.45) is 0 Å². The summed E-state index contributed by atoms with van der Waals surface area (Å²) < 4.78 is 45.4. The minimum atomic E-state index is -1.69. The van der Waals surface area contributed by atoms with Gasteiger partial charge in [-0.1, -0.05) is 0 Å². The molecule has 1 aliphatic rings. The van der Waals surface area contributed by atoms with Gasteiger partial charge in [0.1, 0.15) is 5.75 Å². The molecule has 126 valence electrons. The van der Waals surface area contributed by atoms with Crippen LogP contribution in [-0.2, 0) is 0 Å². The predicted molar refractivity (Wildman–Crippen MR) is 80.6 cm³/mol. The number of hydrogen-bond donors (Lipinski definition) is 1. The molecule has 2 aromatic rings. The number of benzene rings is 2. The lowest BCUT2D eigenvalue weighted by molar-refractivity contribution is 0.0965. The number of aliphatic hydroxyl groups excluding tert-OH is 1. The second-order valence-electron chi connectivity index (χ2n) is 5.41. The summed E-state index contributed by atoms with van der Waals surface area (Å²) >= 11 is 0. The minimum Gasteiger partial charge on any atom is -0.497 e. The summed E-state index contributed by atoms with van der Waals surface area (Å²) in [6.07, 6.45) is -0.564. The molecule has 1 heterocycles. The molecule has 1 unspecified atom stereocenters. The Bertz CT molecular complexity index is 810. The number of anilines is 1. The lowest BCUT2D eigenvalue weighted by atomic mass is 9.97. The van der Waals surface area contributed by atoms with E-state index in [0.29, 0.717) is 23.1 Å². The van der Waals surface area contributed by atoms with Gasteiger partial charge in [0.15, 0.2) is 17.5 Å². The standard InChI is InChI=1S/C17H14F3NO3/c1-24-9-2-5-13-11(8-9)14(22)6-7-21(13)17(23)10-3-4-12(18)16(20)15(10)19/h2-5,8,14,22H,6-7H2,1H3. The Labute approximate surface area is 136 Å². The molecule has 0 spiro atoms.